The van der Waals surface area contributed by atoms with Crippen molar-refractivity contribution in [1.29, 1.82) is 0 Å². The summed E-state index contributed by atoms with van der Waals surface area (Å²) in [7, 11) is 0. The van der Waals surface area contributed by atoms with E-state index in [9.17, 15) is 4.79 Å². The molecule has 0 bridgehead atoms. The van der Waals surface area contributed by atoms with Crippen LogP contribution in [0.5, 0.6) is 0 Å². The number of aryl methyl sites for hydroxylation is 1. The van der Waals surface area contributed by atoms with Crippen LogP contribution in [0.2, 0.25) is 10.0 Å². The van der Waals surface area contributed by atoms with Gasteiger partial charge in [-0.3, -0.25) is 4.79 Å². The van der Waals surface area contributed by atoms with Crippen molar-refractivity contribution in [2.24, 2.45) is 0 Å². The maximum atomic E-state index is 12.1. The minimum Gasteiger partial charge on any atom is -0.340 e. The Labute approximate surface area is 142 Å². The Morgan fingerprint density at radius 1 is 1.38 bits per heavy atom. The van der Waals surface area contributed by atoms with Crippen LogP contribution in [0.4, 0.5) is 0 Å². The quantitative estimate of drug-likeness (QED) is 0.899. The Hall–Kier alpha value is -0.480. The van der Waals surface area contributed by atoms with Gasteiger partial charge >= 0.3 is 0 Å². The minimum absolute atomic E-state index is 0. The molecular weight excluding hydrogens is 331 g/mol. The number of nitrogens with one attached hydrogen (secondary N) is 1. The van der Waals surface area contributed by atoms with Gasteiger partial charge in [0.1, 0.15) is 0 Å². The molecule has 1 fully saturated rings. The molecule has 0 radical (unpaired) electrons. The van der Waals surface area contributed by atoms with Crippen LogP contribution in [0, 0.1) is 0 Å². The molecule has 2 rings (SSSR count). The summed E-state index contributed by atoms with van der Waals surface area (Å²) < 4.78 is 0. The maximum absolute atomic E-state index is 12.1. The highest BCUT2D eigenvalue weighted by atomic mass is 35.5. The molecule has 1 aromatic carbocycles. The van der Waals surface area contributed by atoms with E-state index in [2.05, 4.69) is 12.2 Å². The first-order chi connectivity index (χ1) is 9.56. The first-order valence-electron chi connectivity index (χ1n) is 7.01. The van der Waals surface area contributed by atoms with E-state index in [1.165, 1.54) is 0 Å². The summed E-state index contributed by atoms with van der Waals surface area (Å²) in [6.07, 6.45) is 2.28. The molecule has 6 heteroatoms. The summed E-state index contributed by atoms with van der Waals surface area (Å²) in [6, 6.07) is 6.04. The molecule has 1 saturated heterocycles. The number of benzene rings is 1. The third-order valence-electron chi connectivity index (χ3n) is 3.56. The first kappa shape index (κ1) is 18.6. The van der Waals surface area contributed by atoms with Crippen molar-refractivity contribution in [3.63, 3.8) is 0 Å². The van der Waals surface area contributed by atoms with Crippen LogP contribution in [0.3, 0.4) is 0 Å². The zero-order valence-electron chi connectivity index (χ0n) is 12.1. The SMILES string of the molecule is CC1CN(C(=O)CCCc2ccc(Cl)c(Cl)c2)CCN1.Cl. The van der Waals surface area contributed by atoms with Crippen LogP contribution >= 0.6 is 35.6 Å². The molecular formula is C15H21Cl3N2O. The van der Waals surface area contributed by atoms with E-state index in [4.69, 9.17) is 23.2 Å². The first-order valence-corrected chi connectivity index (χ1v) is 7.77. The maximum Gasteiger partial charge on any atom is 0.222 e. The smallest absolute Gasteiger partial charge is 0.222 e. The number of hydrogen-bond acceptors (Lipinski definition) is 2. The zero-order valence-corrected chi connectivity index (χ0v) is 14.4. The van der Waals surface area contributed by atoms with E-state index in [0.29, 0.717) is 22.5 Å². The molecule has 1 heterocycles. The van der Waals surface area contributed by atoms with Crippen molar-refractivity contribution >= 4 is 41.5 Å². The van der Waals surface area contributed by atoms with Crippen LogP contribution in [0.25, 0.3) is 0 Å². The zero-order chi connectivity index (χ0) is 14.5. The highest BCUT2D eigenvalue weighted by Crippen LogP contribution is 2.23. The molecule has 1 atom stereocenters. The van der Waals surface area contributed by atoms with Crippen LogP contribution in [-0.2, 0) is 11.2 Å². The number of rotatable bonds is 4. The van der Waals surface area contributed by atoms with Gasteiger partial charge in [-0.2, -0.15) is 0 Å². The number of carbonyl (C=O) groups is 1. The fraction of sp³-hybridized carbons (Fsp3) is 0.533. The monoisotopic (exact) mass is 350 g/mol. The number of amides is 1. The minimum atomic E-state index is 0. The Kier molecular flexibility index (Phi) is 7.82. The van der Waals surface area contributed by atoms with Crippen molar-refractivity contribution in [1.82, 2.24) is 10.2 Å². The normalized spacial score (nSPS) is 18.2. The molecule has 1 aliphatic heterocycles. The number of carbonyl (C=O) groups excluding carboxylic acids is 1. The van der Waals surface area contributed by atoms with Crippen LogP contribution < -0.4 is 5.32 Å². The van der Waals surface area contributed by atoms with Gasteiger partial charge in [-0.25, -0.2) is 0 Å². The molecule has 0 aromatic heterocycles. The molecule has 0 aliphatic carbocycles. The summed E-state index contributed by atoms with van der Waals surface area (Å²) in [4.78, 5) is 14.1. The van der Waals surface area contributed by atoms with Gasteiger partial charge in [0.2, 0.25) is 5.91 Å². The van der Waals surface area contributed by atoms with Crippen molar-refractivity contribution < 1.29 is 4.79 Å². The van der Waals surface area contributed by atoms with Gasteiger partial charge in [0.25, 0.3) is 0 Å². The molecule has 3 nitrogen and oxygen atoms in total. The molecule has 1 unspecified atom stereocenters. The lowest BCUT2D eigenvalue weighted by Gasteiger charge is -2.32. The lowest BCUT2D eigenvalue weighted by atomic mass is 10.1. The largest absolute Gasteiger partial charge is 0.340 e. The molecule has 0 saturated carbocycles. The second-order valence-corrected chi connectivity index (χ2v) is 6.11. The topological polar surface area (TPSA) is 32.3 Å². The van der Waals surface area contributed by atoms with Crippen molar-refractivity contribution in [2.75, 3.05) is 19.6 Å². The molecule has 1 amide bonds. The predicted molar refractivity (Wildman–Crippen MR) is 90.7 cm³/mol. The Bertz CT molecular complexity index is 482. The van der Waals surface area contributed by atoms with Gasteiger partial charge in [-0.15, -0.1) is 12.4 Å². The highest BCUT2D eigenvalue weighted by Gasteiger charge is 2.19. The highest BCUT2D eigenvalue weighted by molar-refractivity contribution is 6.42. The lowest BCUT2D eigenvalue weighted by molar-refractivity contribution is -0.132. The Morgan fingerprint density at radius 2 is 2.14 bits per heavy atom. The van der Waals surface area contributed by atoms with Gasteiger partial charge in [0.05, 0.1) is 10.0 Å². The summed E-state index contributed by atoms with van der Waals surface area (Å²) in [5.41, 5.74) is 1.13. The summed E-state index contributed by atoms with van der Waals surface area (Å²) in [6.45, 7) is 4.62. The van der Waals surface area contributed by atoms with Crippen LogP contribution in [0.15, 0.2) is 18.2 Å². The fourth-order valence-electron chi connectivity index (χ4n) is 2.46. The van der Waals surface area contributed by atoms with Gasteiger partial charge in [-0.1, -0.05) is 29.3 Å². The fourth-order valence-corrected chi connectivity index (χ4v) is 2.78. The molecule has 21 heavy (non-hydrogen) atoms. The van der Waals surface area contributed by atoms with Crippen molar-refractivity contribution in [3.05, 3.63) is 33.8 Å². The van der Waals surface area contributed by atoms with Crippen LogP contribution in [-0.4, -0.2) is 36.5 Å². The second kappa shape index (κ2) is 8.84. The summed E-state index contributed by atoms with van der Waals surface area (Å²) in [5.74, 6) is 0.249. The van der Waals surface area contributed by atoms with E-state index in [0.717, 1.165) is 38.0 Å². The third-order valence-corrected chi connectivity index (χ3v) is 4.30. The van der Waals surface area contributed by atoms with Gasteiger partial charge in [0.15, 0.2) is 0 Å². The van der Waals surface area contributed by atoms with Crippen molar-refractivity contribution in [2.45, 2.75) is 32.2 Å². The molecule has 1 aromatic rings. The summed E-state index contributed by atoms with van der Waals surface area (Å²) in [5, 5.41) is 4.49. The van der Waals surface area contributed by atoms with E-state index in [-0.39, 0.29) is 18.3 Å². The third kappa shape index (κ3) is 5.67. The number of hydrogen-bond donors (Lipinski definition) is 1. The molecule has 0 spiro atoms. The molecule has 118 valence electrons. The second-order valence-electron chi connectivity index (χ2n) is 5.30. The van der Waals surface area contributed by atoms with E-state index < -0.39 is 0 Å². The standard InChI is InChI=1S/C15H20Cl2N2O.ClH/c1-11-10-19(8-7-18-11)15(20)4-2-3-12-5-6-13(16)14(17)9-12;/h5-6,9,11,18H,2-4,7-8,10H2,1H3;1H. The van der Waals surface area contributed by atoms with Gasteiger partial charge in [0, 0.05) is 32.1 Å². The molecule has 1 N–H and O–H groups in total. The van der Waals surface area contributed by atoms with Gasteiger partial charge in [-0.05, 0) is 37.5 Å². The summed E-state index contributed by atoms with van der Waals surface area (Å²) >= 11 is 11.9. The van der Waals surface area contributed by atoms with E-state index in [1.807, 2.05) is 17.0 Å². The van der Waals surface area contributed by atoms with Gasteiger partial charge < -0.3 is 10.2 Å². The predicted octanol–water partition coefficient (Wildman–Crippen LogP) is 3.56. The number of nitrogens with zero attached hydrogens (tertiary/aromatic N) is 1. The number of halogens is 3. The van der Waals surface area contributed by atoms with E-state index in [1.54, 1.807) is 6.07 Å². The Balaban J connectivity index is 0.00000220. The van der Waals surface area contributed by atoms with Crippen molar-refractivity contribution in [3.8, 4) is 0 Å². The Morgan fingerprint density at radius 3 is 2.81 bits per heavy atom. The lowest BCUT2D eigenvalue weighted by Crippen LogP contribution is -2.51. The average Bonchev–Trinajstić information content (AvgIpc) is 2.42. The number of piperazine rings is 1. The van der Waals surface area contributed by atoms with Crippen LogP contribution in [0.1, 0.15) is 25.3 Å². The average molecular weight is 352 g/mol. The molecule has 1 aliphatic rings. The van der Waals surface area contributed by atoms with E-state index >= 15 is 0 Å².